The molecule has 0 fully saturated rings. The van der Waals surface area contributed by atoms with Crippen molar-refractivity contribution in [2.45, 2.75) is 26.3 Å². The molecule has 0 heterocycles. The van der Waals surface area contributed by atoms with Crippen molar-refractivity contribution in [3.05, 3.63) is 59.7 Å². The van der Waals surface area contributed by atoms with Crippen molar-refractivity contribution in [3.63, 3.8) is 0 Å². The molecule has 0 spiro atoms. The summed E-state index contributed by atoms with van der Waals surface area (Å²) < 4.78 is 11.0. The smallest absolute Gasteiger partial charge is 0.222 e. The highest BCUT2D eigenvalue weighted by Gasteiger charge is 2.11. The third-order valence-electron chi connectivity index (χ3n) is 3.85. The van der Waals surface area contributed by atoms with E-state index in [0.717, 1.165) is 17.1 Å². The topological polar surface area (TPSA) is 38.8 Å². The van der Waals surface area contributed by atoms with Crippen LogP contribution < -0.4 is 9.47 Å². The van der Waals surface area contributed by atoms with Gasteiger partial charge in [-0.05, 0) is 31.5 Å². The first kappa shape index (κ1) is 17.9. The molecule has 0 aromatic heterocycles. The lowest BCUT2D eigenvalue weighted by Crippen LogP contribution is -2.26. The van der Waals surface area contributed by atoms with Gasteiger partial charge in [0.1, 0.15) is 11.5 Å². The molecule has 4 nitrogen and oxygen atoms in total. The summed E-state index contributed by atoms with van der Waals surface area (Å²) in [5.41, 5.74) is 2.21. The molecule has 0 unspecified atom stereocenters. The Morgan fingerprint density at radius 3 is 2.50 bits per heavy atom. The predicted molar refractivity (Wildman–Crippen MR) is 95.4 cm³/mol. The highest BCUT2D eigenvalue weighted by molar-refractivity contribution is 5.75. The van der Waals surface area contributed by atoms with Gasteiger partial charge < -0.3 is 14.4 Å². The molecule has 0 aliphatic heterocycles. The largest absolute Gasteiger partial charge is 0.496 e. The van der Waals surface area contributed by atoms with Gasteiger partial charge in [-0.2, -0.15) is 0 Å². The zero-order valence-corrected chi connectivity index (χ0v) is 14.6. The lowest BCUT2D eigenvalue weighted by molar-refractivity contribution is -0.130. The Balaban J connectivity index is 1.74. The molecule has 0 aliphatic carbocycles. The average molecular weight is 327 g/mol. The fourth-order valence-corrected chi connectivity index (χ4v) is 2.42. The number of methoxy groups -OCH3 is 1. The standard InChI is InChI=1S/C20H25NO3/c1-16-10-12-18(13-11-16)24-14-6-9-20(22)21(2)15-17-7-4-5-8-19(17)23-3/h4-5,7-8,10-13H,6,9,14-15H2,1-3H3. The van der Waals surface area contributed by atoms with E-state index >= 15 is 0 Å². The van der Waals surface area contributed by atoms with E-state index in [4.69, 9.17) is 9.47 Å². The Hall–Kier alpha value is -2.49. The summed E-state index contributed by atoms with van der Waals surface area (Å²) in [5.74, 6) is 1.75. The van der Waals surface area contributed by atoms with Crippen molar-refractivity contribution in [2.75, 3.05) is 20.8 Å². The molecule has 0 bridgehead atoms. The summed E-state index contributed by atoms with van der Waals surface area (Å²) in [6.07, 6.45) is 1.17. The number of hydrogen-bond donors (Lipinski definition) is 0. The van der Waals surface area contributed by atoms with Crippen LogP contribution in [0.1, 0.15) is 24.0 Å². The van der Waals surface area contributed by atoms with E-state index in [-0.39, 0.29) is 5.91 Å². The van der Waals surface area contributed by atoms with Gasteiger partial charge in [0.25, 0.3) is 0 Å². The Morgan fingerprint density at radius 1 is 1.08 bits per heavy atom. The molecule has 0 N–H and O–H groups in total. The zero-order valence-electron chi connectivity index (χ0n) is 14.6. The second kappa shape index (κ2) is 8.96. The van der Waals surface area contributed by atoms with Gasteiger partial charge in [-0.15, -0.1) is 0 Å². The van der Waals surface area contributed by atoms with Crippen LogP contribution in [-0.4, -0.2) is 31.6 Å². The zero-order chi connectivity index (χ0) is 17.4. The molecule has 0 radical (unpaired) electrons. The number of rotatable bonds is 8. The third-order valence-corrected chi connectivity index (χ3v) is 3.85. The number of ether oxygens (including phenoxy) is 2. The quantitative estimate of drug-likeness (QED) is 0.692. The summed E-state index contributed by atoms with van der Waals surface area (Å²) in [6, 6.07) is 15.7. The van der Waals surface area contributed by atoms with Crippen LogP contribution in [0, 0.1) is 6.92 Å². The van der Waals surface area contributed by atoms with Gasteiger partial charge >= 0.3 is 0 Å². The Kier molecular flexibility index (Phi) is 6.67. The van der Waals surface area contributed by atoms with E-state index in [1.807, 2.05) is 62.5 Å². The minimum Gasteiger partial charge on any atom is -0.496 e. The Bertz CT molecular complexity index is 652. The van der Waals surface area contributed by atoms with E-state index in [1.165, 1.54) is 5.56 Å². The third kappa shape index (κ3) is 5.30. The highest BCUT2D eigenvalue weighted by atomic mass is 16.5. The van der Waals surface area contributed by atoms with E-state index < -0.39 is 0 Å². The molecule has 24 heavy (non-hydrogen) atoms. The predicted octanol–water partition coefficient (Wildman–Crippen LogP) is 3.82. The lowest BCUT2D eigenvalue weighted by Gasteiger charge is -2.19. The Labute approximate surface area is 144 Å². The molecule has 2 rings (SSSR count). The number of carbonyl (C=O) groups excluding carboxylic acids is 1. The molecular formula is C20H25NO3. The van der Waals surface area contributed by atoms with Crippen LogP contribution in [0.4, 0.5) is 0 Å². The minimum absolute atomic E-state index is 0.105. The molecule has 2 aromatic rings. The molecule has 0 atom stereocenters. The SMILES string of the molecule is COc1ccccc1CN(C)C(=O)CCCOc1ccc(C)cc1. The number of nitrogens with zero attached hydrogens (tertiary/aromatic N) is 1. The fourth-order valence-electron chi connectivity index (χ4n) is 2.42. The number of benzene rings is 2. The average Bonchev–Trinajstić information content (AvgIpc) is 2.60. The first-order valence-corrected chi connectivity index (χ1v) is 8.15. The van der Waals surface area contributed by atoms with Crippen molar-refractivity contribution in [2.24, 2.45) is 0 Å². The van der Waals surface area contributed by atoms with Crippen LogP contribution in [0.5, 0.6) is 11.5 Å². The Morgan fingerprint density at radius 2 is 1.79 bits per heavy atom. The summed E-state index contributed by atoms with van der Waals surface area (Å²) in [4.78, 5) is 14.0. The molecule has 2 aromatic carbocycles. The summed E-state index contributed by atoms with van der Waals surface area (Å²) in [6.45, 7) is 3.12. The van der Waals surface area contributed by atoms with Crippen LogP contribution in [0.25, 0.3) is 0 Å². The molecule has 0 aliphatic rings. The molecule has 0 saturated carbocycles. The minimum atomic E-state index is 0.105. The van der Waals surface area contributed by atoms with E-state index in [2.05, 4.69) is 0 Å². The fraction of sp³-hybridized carbons (Fsp3) is 0.350. The maximum Gasteiger partial charge on any atom is 0.222 e. The second-order valence-corrected chi connectivity index (χ2v) is 5.83. The molecule has 0 saturated heterocycles. The first-order valence-electron chi connectivity index (χ1n) is 8.15. The summed E-state index contributed by atoms with van der Waals surface area (Å²) >= 11 is 0. The van der Waals surface area contributed by atoms with Gasteiger partial charge in [0.2, 0.25) is 5.91 Å². The summed E-state index contributed by atoms with van der Waals surface area (Å²) in [5, 5.41) is 0. The van der Waals surface area contributed by atoms with Gasteiger partial charge in [0, 0.05) is 25.6 Å². The van der Waals surface area contributed by atoms with E-state index in [1.54, 1.807) is 12.0 Å². The van der Waals surface area contributed by atoms with Crippen LogP contribution in [0.3, 0.4) is 0 Å². The van der Waals surface area contributed by atoms with E-state index in [0.29, 0.717) is 26.0 Å². The van der Waals surface area contributed by atoms with Gasteiger partial charge in [-0.1, -0.05) is 35.9 Å². The van der Waals surface area contributed by atoms with Crippen molar-refractivity contribution in [1.29, 1.82) is 0 Å². The number of aryl methyl sites for hydroxylation is 1. The van der Waals surface area contributed by atoms with Gasteiger partial charge in [0.05, 0.1) is 13.7 Å². The van der Waals surface area contributed by atoms with Crippen LogP contribution in [-0.2, 0) is 11.3 Å². The number of hydrogen-bond acceptors (Lipinski definition) is 3. The molecule has 1 amide bonds. The normalized spacial score (nSPS) is 10.3. The highest BCUT2D eigenvalue weighted by Crippen LogP contribution is 2.19. The second-order valence-electron chi connectivity index (χ2n) is 5.83. The first-order chi connectivity index (χ1) is 11.6. The molecular weight excluding hydrogens is 302 g/mol. The monoisotopic (exact) mass is 327 g/mol. The van der Waals surface area contributed by atoms with Crippen molar-refractivity contribution < 1.29 is 14.3 Å². The van der Waals surface area contributed by atoms with Crippen LogP contribution >= 0.6 is 0 Å². The lowest BCUT2D eigenvalue weighted by atomic mass is 10.2. The summed E-state index contributed by atoms with van der Waals surface area (Å²) in [7, 11) is 3.46. The number of carbonyl (C=O) groups is 1. The number of amides is 1. The van der Waals surface area contributed by atoms with E-state index in [9.17, 15) is 4.79 Å². The van der Waals surface area contributed by atoms with Gasteiger partial charge in [-0.25, -0.2) is 0 Å². The molecule has 4 heteroatoms. The van der Waals surface area contributed by atoms with Gasteiger partial charge in [0.15, 0.2) is 0 Å². The van der Waals surface area contributed by atoms with Crippen molar-refractivity contribution >= 4 is 5.91 Å². The van der Waals surface area contributed by atoms with Crippen LogP contribution in [0.2, 0.25) is 0 Å². The number of para-hydroxylation sites is 1. The maximum atomic E-state index is 12.2. The van der Waals surface area contributed by atoms with Crippen LogP contribution in [0.15, 0.2) is 48.5 Å². The van der Waals surface area contributed by atoms with Crippen molar-refractivity contribution in [1.82, 2.24) is 4.90 Å². The van der Waals surface area contributed by atoms with Gasteiger partial charge in [-0.3, -0.25) is 4.79 Å². The maximum absolute atomic E-state index is 12.2. The van der Waals surface area contributed by atoms with Crippen molar-refractivity contribution in [3.8, 4) is 11.5 Å². The molecule has 128 valence electrons.